The average molecular weight is 286 g/mol. The standard InChI is InChI=1S/C13H20ClN3S/c14-12-8-16-13(18-12)9-17-5-3-11(4-6-17)15-7-10-1-2-10/h8,10-11,15H,1-7,9H2. The Balaban J connectivity index is 1.39. The number of rotatable bonds is 5. The van der Waals surface area contributed by atoms with Crippen molar-refractivity contribution in [3.8, 4) is 0 Å². The first-order chi connectivity index (χ1) is 8.79. The highest BCUT2D eigenvalue weighted by molar-refractivity contribution is 7.15. The number of halogens is 1. The molecule has 1 aliphatic carbocycles. The number of nitrogens with zero attached hydrogens (tertiary/aromatic N) is 2. The fraction of sp³-hybridized carbons (Fsp3) is 0.769. The lowest BCUT2D eigenvalue weighted by molar-refractivity contribution is 0.190. The second-order valence-corrected chi connectivity index (χ2v) is 7.21. The molecule has 1 N–H and O–H groups in total. The minimum atomic E-state index is 0.738. The third kappa shape index (κ3) is 3.67. The van der Waals surface area contributed by atoms with Crippen LogP contribution in [0.1, 0.15) is 30.7 Å². The highest BCUT2D eigenvalue weighted by atomic mass is 35.5. The molecule has 3 rings (SSSR count). The van der Waals surface area contributed by atoms with Crippen LogP contribution in [0.5, 0.6) is 0 Å². The van der Waals surface area contributed by atoms with Crippen LogP contribution in [0.2, 0.25) is 4.34 Å². The molecule has 2 aliphatic rings. The number of hydrogen-bond acceptors (Lipinski definition) is 4. The quantitative estimate of drug-likeness (QED) is 0.902. The second kappa shape index (κ2) is 5.87. The zero-order valence-electron chi connectivity index (χ0n) is 10.6. The van der Waals surface area contributed by atoms with Crippen molar-refractivity contribution in [1.82, 2.24) is 15.2 Å². The Morgan fingerprint density at radius 2 is 2.11 bits per heavy atom. The second-order valence-electron chi connectivity index (χ2n) is 5.46. The highest BCUT2D eigenvalue weighted by Gasteiger charge is 2.24. The highest BCUT2D eigenvalue weighted by Crippen LogP contribution is 2.28. The molecule has 0 bridgehead atoms. The minimum Gasteiger partial charge on any atom is -0.314 e. The fourth-order valence-corrected chi connectivity index (χ4v) is 3.50. The Kier molecular flexibility index (Phi) is 4.19. The molecule has 0 spiro atoms. The van der Waals surface area contributed by atoms with Gasteiger partial charge >= 0.3 is 0 Å². The molecule has 1 saturated carbocycles. The maximum absolute atomic E-state index is 5.91. The van der Waals surface area contributed by atoms with E-state index >= 15 is 0 Å². The van der Waals surface area contributed by atoms with Gasteiger partial charge in [0.15, 0.2) is 0 Å². The lowest BCUT2D eigenvalue weighted by atomic mass is 10.0. The van der Waals surface area contributed by atoms with E-state index in [1.54, 1.807) is 17.5 Å². The van der Waals surface area contributed by atoms with Crippen molar-refractivity contribution < 1.29 is 0 Å². The van der Waals surface area contributed by atoms with Crippen molar-refractivity contribution in [2.24, 2.45) is 5.92 Å². The summed E-state index contributed by atoms with van der Waals surface area (Å²) >= 11 is 7.51. The van der Waals surface area contributed by atoms with Crippen molar-refractivity contribution in [3.63, 3.8) is 0 Å². The topological polar surface area (TPSA) is 28.2 Å². The van der Waals surface area contributed by atoms with E-state index in [1.165, 1.54) is 45.3 Å². The predicted molar refractivity (Wildman–Crippen MR) is 76.1 cm³/mol. The van der Waals surface area contributed by atoms with Crippen LogP contribution in [0.15, 0.2) is 6.20 Å². The molecule has 1 aromatic heterocycles. The van der Waals surface area contributed by atoms with E-state index in [4.69, 9.17) is 11.6 Å². The first-order valence-corrected chi connectivity index (χ1v) is 8.05. The van der Waals surface area contributed by atoms with Gasteiger partial charge in [-0.25, -0.2) is 4.98 Å². The summed E-state index contributed by atoms with van der Waals surface area (Å²) in [5, 5.41) is 4.85. The lowest BCUT2D eigenvalue weighted by Crippen LogP contribution is -2.42. The van der Waals surface area contributed by atoms with Crippen LogP contribution in [-0.4, -0.2) is 35.6 Å². The molecule has 3 nitrogen and oxygen atoms in total. The van der Waals surface area contributed by atoms with Gasteiger partial charge in [0.05, 0.1) is 12.7 Å². The SMILES string of the molecule is Clc1cnc(CN2CCC(NCC3CC3)CC2)s1. The number of nitrogens with one attached hydrogen (secondary N) is 1. The van der Waals surface area contributed by atoms with E-state index in [2.05, 4.69) is 15.2 Å². The Morgan fingerprint density at radius 3 is 2.72 bits per heavy atom. The Labute approximate surface area is 118 Å². The Morgan fingerprint density at radius 1 is 1.33 bits per heavy atom. The Hall–Kier alpha value is -0.160. The summed E-state index contributed by atoms with van der Waals surface area (Å²) in [6, 6.07) is 0.738. The summed E-state index contributed by atoms with van der Waals surface area (Å²) in [4.78, 5) is 6.82. The number of thiazole rings is 1. The zero-order chi connectivity index (χ0) is 12.4. The van der Waals surface area contributed by atoms with Crippen molar-refractivity contribution in [2.45, 2.75) is 38.3 Å². The molecule has 18 heavy (non-hydrogen) atoms. The third-order valence-electron chi connectivity index (χ3n) is 3.86. The average Bonchev–Trinajstić information content (AvgIpc) is 3.12. The molecule has 0 unspecified atom stereocenters. The van der Waals surface area contributed by atoms with E-state index in [0.717, 1.165) is 27.8 Å². The molecule has 0 amide bonds. The monoisotopic (exact) mass is 285 g/mol. The Bertz CT molecular complexity index is 383. The predicted octanol–water partition coefficient (Wildman–Crippen LogP) is 2.76. The molecule has 0 aromatic carbocycles. The van der Waals surface area contributed by atoms with Crippen molar-refractivity contribution in [2.75, 3.05) is 19.6 Å². The van der Waals surface area contributed by atoms with E-state index in [9.17, 15) is 0 Å². The summed E-state index contributed by atoms with van der Waals surface area (Å²) in [6.45, 7) is 4.57. The molecule has 2 fully saturated rings. The molecule has 1 aliphatic heterocycles. The summed E-state index contributed by atoms with van der Waals surface area (Å²) in [6.07, 6.45) is 7.18. The largest absolute Gasteiger partial charge is 0.314 e. The van der Waals surface area contributed by atoms with Gasteiger partial charge < -0.3 is 5.32 Å². The van der Waals surface area contributed by atoms with Gasteiger partial charge in [0.1, 0.15) is 9.34 Å². The molecule has 1 saturated heterocycles. The van der Waals surface area contributed by atoms with Crippen molar-refractivity contribution in [1.29, 1.82) is 0 Å². The van der Waals surface area contributed by atoms with Gasteiger partial charge in [0, 0.05) is 19.1 Å². The molecule has 100 valence electrons. The van der Waals surface area contributed by atoms with Crippen LogP contribution in [0.3, 0.4) is 0 Å². The van der Waals surface area contributed by atoms with Gasteiger partial charge in [-0.3, -0.25) is 4.90 Å². The molecule has 1 aromatic rings. The number of piperidine rings is 1. The maximum atomic E-state index is 5.91. The number of aromatic nitrogens is 1. The molecular weight excluding hydrogens is 266 g/mol. The van der Waals surface area contributed by atoms with Crippen LogP contribution in [0.4, 0.5) is 0 Å². The summed E-state index contributed by atoms with van der Waals surface area (Å²) < 4.78 is 0.797. The normalized spacial score (nSPS) is 22.5. The number of likely N-dealkylation sites (tertiary alicyclic amines) is 1. The third-order valence-corrected chi connectivity index (χ3v) is 4.96. The summed E-state index contributed by atoms with van der Waals surface area (Å²) in [5.74, 6) is 0.987. The first-order valence-electron chi connectivity index (χ1n) is 6.85. The van der Waals surface area contributed by atoms with Crippen LogP contribution in [0, 0.1) is 5.92 Å². The first kappa shape index (κ1) is 12.9. The molecule has 5 heteroatoms. The van der Waals surface area contributed by atoms with Gasteiger partial charge in [-0.1, -0.05) is 11.6 Å². The minimum absolute atomic E-state index is 0.738. The van der Waals surface area contributed by atoms with E-state index < -0.39 is 0 Å². The number of hydrogen-bond donors (Lipinski definition) is 1. The lowest BCUT2D eigenvalue weighted by Gasteiger charge is -2.31. The van der Waals surface area contributed by atoms with Crippen LogP contribution >= 0.6 is 22.9 Å². The maximum Gasteiger partial charge on any atom is 0.113 e. The van der Waals surface area contributed by atoms with E-state index in [1.807, 2.05) is 0 Å². The van der Waals surface area contributed by atoms with Crippen LogP contribution in [-0.2, 0) is 6.54 Å². The van der Waals surface area contributed by atoms with Crippen LogP contribution < -0.4 is 5.32 Å². The molecule has 2 heterocycles. The summed E-state index contributed by atoms with van der Waals surface area (Å²) in [5.41, 5.74) is 0. The molecular formula is C13H20ClN3S. The van der Waals surface area contributed by atoms with Crippen molar-refractivity contribution >= 4 is 22.9 Å². The fourth-order valence-electron chi connectivity index (χ4n) is 2.50. The van der Waals surface area contributed by atoms with E-state index in [0.29, 0.717) is 0 Å². The van der Waals surface area contributed by atoms with Gasteiger partial charge in [0.2, 0.25) is 0 Å². The van der Waals surface area contributed by atoms with E-state index in [-0.39, 0.29) is 0 Å². The van der Waals surface area contributed by atoms with Gasteiger partial charge in [-0.2, -0.15) is 0 Å². The van der Waals surface area contributed by atoms with Gasteiger partial charge in [-0.05, 0) is 38.1 Å². The smallest absolute Gasteiger partial charge is 0.113 e. The summed E-state index contributed by atoms with van der Waals surface area (Å²) in [7, 11) is 0. The molecule has 0 radical (unpaired) electrons. The van der Waals surface area contributed by atoms with Crippen molar-refractivity contribution in [3.05, 3.63) is 15.5 Å². The van der Waals surface area contributed by atoms with Crippen LogP contribution in [0.25, 0.3) is 0 Å². The van der Waals surface area contributed by atoms with Gasteiger partial charge in [-0.15, -0.1) is 11.3 Å². The molecule has 0 atom stereocenters. The van der Waals surface area contributed by atoms with Gasteiger partial charge in [0.25, 0.3) is 0 Å². The zero-order valence-corrected chi connectivity index (χ0v) is 12.1.